The van der Waals surface area contributed by atoms with Gasteiger partial charge in [-0.2, -0.15) is 0 Å². The van der Waals surface area contributed by atoms with Crippen molar-refractivity contribution < 1.29 is 14.6 Å². The van der Waals surface area contributed by atoms with Crippen LogP contribution in [0.15, 0.2) is 0 Å². The summed E-state index contributed by atoms with van der Waals surface area (Å²) in [4.78, 5) is 11.9. The van der Waals surface area contributed by atoms with Gasteiger partial charge in [0.05, 0.1) is 6.10 Å². The van der Waals surface area contributed by atoms with Crippen LogP contribution < -0.4 is 10.6 Å². The molecule has 0 spiro atoms. The smallest absolute Gasteiger partial charge is 0.407 e. The first-order chi connectivity index (χ1) is 10.8. The highest BCUT2D eigenvalue weighted by Crippen LogP contribution is 2.27. The van der Waals surface area contributed by atoms with E-state index in [1.54, 1.807) is 0 Å². The summed E-state index contributed by atoms with van der Waals surface area (Å²) in [5, 5.41) is 16.8. The predicted molar refractivity (Wildman–Crippen MR) is 91.4 cm³/mol. The Bertz CT molecular complexity index is 381. The van der Waals surface area contributed by atoms with Crippen molar-refractivity contribution in [3.8, 4) is 0 Å². The van der Waals surface area contributed by atoms with E-state index in [1.165, 1.54) is 19.3 Å². The standard InChI is InChI=1S/C18H34N2O3/c1-18(2,3)23-17(22)19-12-13-8-4-5-9-14(13)20-15-10-6-7-11-16(15)21/h13-16,20-21H,4-12H2,1-3H3,(H,19,22). The molecule has 2 aliphatic rings. The molecule has 0 heterocycles. The fourth-order valence-corrected chi connectivity index (χ4v) is 3.78. The Labute approximate surface area is 140 Å². The second-order valence-corrected chi connectivity index (χ2v) is 8.16. The Balaban J connectivity index is 1.82. The molecule has 4 atom stereocenters. The SMILES string of the molecule is CC(C)(C)OC(=O)NCC1CCCCC1NC1CCCCC1O. The van der Waals surface area contributed by atoms with Crippen molar-refractivity contribution in [1.29, 1.82) is 0 Å². The van der Waals surface area contributed by atoms with E-state index in [9.17, 15) is 9.90 Å². The van der Waals surface area contributed by atoms with Gasteiger partial charge in [0.15, 0.2) is 0 Å². The molecule has 0 aromatic heterocycles. The van der Waals surface area contributed by atoms with Crippen LogP contribution in [-0.4, -0.2) is 41.5 Å². The molecule has 0 saturated heterocycles. The number of aliphatic hydroxyl groups is 1. The van der Waals surface area contributed by atoms with E-state index in [4.69, 9.17) is 4.74 Å². The van der Waals surface area contributed by atoms with Crippen molar-refractivity contribution >= 4 is 6.09 Å². The Morgan fingerprint density at radius 2 is 1.65 bits per heavy atom. The third-order valence-electron chi connectivity index (χ3n) is 4.97. The summed E-state index contributed by atoms with van der Waals surface area (Å²) in [6.45, 7) is 6.28. The van der Waals surface area contributed by atoms with Gasteiger partial charge in [0, 0.05) is 18.6 Å². The number of aliphatic hydroxyl groups excluding tert-OH is 1. The van der Waals surface area contributed by atoms with Gasteiger partial charge in [0.1, 0.15) is 5.60 Å². The number of rotatable bonds is 4. The van der Waals surface area contributed by atoms with Crippen LogP contribution in [-0.2, 0) is 4.74 Å². The molecule has 3 N–H and O–H groups in total. The molecule has 2 aliphatic carbocycles. The zero-order valence-corrected chi connectivity index (χ0v) is 14.9. The maximum Gasteiger partial charge on any atom is 0.407 e. The fraction of sp³-hybridized carbons (Fsp3) is 0.944. The molecule has 5 nitrogen and oxygen atoms in total. The largest absolute Gasteiger partial charge is 0.444 e. The van der Waals surface area contributed by atoms with E-state index < -0.39 is 5.60 Å². The van der Waals surface area contributed by atoms with Gasteiger partial charge in [0.2, 0.25) is 0 Å². The van der Waals surface area contributed by atoms with Crippen LogP contribution in [0.2, 0.25) is 0 Å². The highest BCUT2D eigenvalue weighted by atomic mass is 16.6. The average molecular weight is 326 g/mol. The number of alkyl carbamates (subject to hydrolysis) is 1. The first-order valence-electron chi connectivity index (χ1n) is 9.26. The molecule has 134 valence electrons. The monoisotopic (exact) mass is 326 g/mol. The van der Waals surface area contributed by atoms with Crippen LogP contribution in [0, 0.1) is 5.92 Å². The van der Waals surface area contributed by atoms with Gasteiger partial charge in [-0.25, -0.2) is 4.79 Å². The molecule has 5 heteroatoms. The highest BCUT2D eigenvalue weighted by molar-refractivity contribution is 5.67. The maximum atomic E-state index is 11.9. The lowest BCUT2D eigenvalue weighted by atomic mass is 9.82. The first kappa shape index (κ1) is 18.5. The number of hydrogen-bond acceptors (Lipinski definition) is 4. The Morgan fingerprint density at radius 1 is 1.04 bits per heavy atom. The van der Waals surface area contributed by atoms with Gasteiger partial charge in [-0.1, -0.05) is 25.7 Å². The lowest BCUT2D eigenvalue weighted by Crippen LogP contribution is -2.52. The van der Waals surface area contributed by atoms with Crippen LogP contribution >= 0.6 is 0 Å². The Kier molecular flexibility index (Phi) is 6.72. The normalized spacial score (nSPS) is 32.3. The molecule has 1 amide bonds. The first-order valence-corrected chi connectivity index (χ1v) is 9.26. The molecule has 4 unspecified atom stereocenters. The van der Waals surface area contributed by atoms with E-state index in [1.807, 2.05) is 20.8 Å². The number of carbonyl (C=O) groups is 1. The van der Waals surface area contributed by atoms with Crippen molar-refractivity contribution in [2.75, 3.05) is 6.54 Å². The topological polar surface area (TPSA) is 70.6 Å². The summed E-state index contributed by atoms with van der Waals surface area (Å²) in [6, 6.07) is 0.604. The quantitative estimate of drug-likeness (QED) is 0.743. The molecule has 2 rings (SSSR count). The molecule has 0 bridgehead atoms. The van der Waals surface area contributed by atoms with Crippen LogP contribution in [0.4, 0.5) is 4.79 Å². The highest BCUT2D eigenvalue weighted by Gasteiger charge is 2.31. The molecule has 0 radical (unpaired) electrons. The molecular formula is C18H34N2O3. The van der Waals surface area contributed by atoms with Gasteiger partial charge in [-0.15, -0.1) is 0 Å². The maximum absolute atomic E-state index is 11.9. The minimum absolute atomic E-state index is 0.217. The van der Waals surface area contributed by atoms with Gasteiger partial charge >= 0.3 is 6.09 Å². The molecule has 2 saturated carbocycles. The molecular weight excluding hydrogens is 292 g/mol. The second kappa shape index (κ2) is 8.34. The number of nitrogens with one attached hydrogen (secondary N) is 2. The second-order valence-electron chi connectivity index (χ2n) is 8.16. The summed E-state index contributed by atoms with van der Waals surface area (Å²) in [5.74, 6) is 0.422. The molecule has 0 aliphatic heterocycles. The molecule has 0 aromatic carbocycles. The van der Waals surface area contributed by atoms with Crippen molar-refractivity contribution in [1.82, 2.24) is 10.6 Å². The van der Waals surface area contributed by atoms with Gasteiger partial charge in [-0.3, -0.25) is 0 Å². The van der Waals surface area contributed by atoms with E-state index in [0.29, 0.717) is 18.5 Å². The summed E-state index contributed by atoms with van der Waals surface area (Å²) in [5.41, 5.74) is -0.458. The van der Waals surface area contributed by atoms with Crippen molar-refractivity contribution in [2.24, 2.45) is 5.92 Å². The summed E-state index contributed by atoms with van der Waals surface area (Å²) in [7, 11) is 0. The third-order valence-corrected chi connectivity index (χ3v) is 4.97. The minimum Gasteiger partial charge on any atom is -0.444 e. The van der Waals surface area contributed by atoms with Crippen molar-refractivity contribution in [3.63, 3.8) is 0 Å². The van der Waals surface area contributed by atoms with Crippen LogP contribution in [0.1, 0.15) is 72.1 Å². The lowest BCUT2D eigenvalue weighted by Gasteiger charge is -2.38. The summed E-state index contributed by atoms with van der Waals surface area (Å²) >= 11 is 0. The van der Waals surface area contributed by atoms with Crippen molar-refractivity contribution in [2.45, 2.75) is 95.9 Å². The summed E-state index contributed by atoms with van der Waals surface area (Å²) < 4.78 is 5.32. The third kappa shape index (κ3) is 6.30. The Hall–Kier alpha value is -0.810. The minimum atomic E-state index is -0.458. The van der Waals surface area contributed by atoms with E-state index in [2.05, 4.69) is 10.6 Å². The van der Waals surface area contributed by atoms with Gasteiger partial charge in [0.25, 0.3) is 0 Å². The molecule has 23 heavy (non-hydrogen) atoms. The van der Waals surface area contributed by atoms with Crippen LogP contribution in [0.3, 0.4) is 0 Å². The number of carbonyl (C=O) groups excluding carboxylic acids is 1. The number of hydrogen-bond donors (Lipinski definition) is 3. The van der Waals surface area contributed by atoms with E-state index in [0.717, 1.165) is 32.1 Å². The molecule has 0 aromatic rings. The lowest BCUT2D eigenvalue weighted by molar-refractivity contribution is 0.0495. The number of amides is 1. The Morgan fingerprint density at radius 3 is 2.30 bits per heavy atom. The van der Waals surface area contributed by atoms with Crippen LogP contribution in [0.25, 0.3) is 0 Å². The predicted octanol–water partition coefficient (Wildman–Crippen LogP) is 2.96. The zero-order chi connectivity index (χ0) is 16.9. The zero-order valence-electron chi connectivity index (χ0n) is 14.9. The fourth-order valence-electron chi connectivity index (χ4n) is 3.78. The van der Waals surface area contributed by atoms with Gasteiger partial charge in [-0.05, 0) is 52.4 Å². The van der Waals surface area contributed by atoms with E-state index in [-0.39, 0.29) is 18.2 Å². The van der Waals surface area contributed by atoms with Crippen molar-refractivity contribution in [3.05, 3.63) is 0 Å². The van der Waals surface area contributed by atoms with E-state index >= 15 is 0 Å². The molecule has 2 fully saturated rings. The average Bonchev–Trinajstić information content (AvgIpc) is 2.47. The van der Waals surface area contributed by atoms with Crippen LogP contribution in [0.5, 0.6) is 0 Å². The van der Waals surface area contributed by atoms with Gasteiger partial charge < -0.3 is 20.5 Å². The summed E-state index contributed by atoms with van der Waals surface area (Å²) in [6.07, 6.45) is 8.44. The number of ether oxygens (including phenoxy) is 1.